The lowest BCUT2D eigenvalue weighted by molar-refractivity contribution is 1.40. The van der Waals surface area contributed by atoms with Crippen LogP contribution in [-0.2, 0) is 0 Å². The molecule has 0 spiro atoms. The minimum absolute atomic E-state index is 0.279. The smallest absolute Gasteiger partial charge is 0.126 e. The standard InChI is InChI=1S/C11H6Cl2N2/c12-10-8(6-14)9(11(13)15-10)7-4-2-1-3-5-7/h1-5,15H. The minimum Gasteiger partial charge on any atom is -0.335 e. The first-order valence-electron chi connectivity index (χ1n) is 4.26. The summed E-state index contributed by atoms with van der Waals surface area (Å²) in [5.74, 6) is 0. The van der Waals surface area contributed by atoms with Crippen molar-refractivity contribution in [2.75, 3.05) is 0 Å². The van der Waals surface area contributed by atoms with Gasteiger partial charge in [-0.2, -0.15) is 5.26 Å². The van der Waals surface area contributed by atoms with Crippen molar-refractivity contribution in [3.63, 3.8) is 0 Å². The number of halogens is 2. The van der Waals surface area contributed by atoms with Gasteiger partial charge in [-0.25, -0.2) is 0 Å². The fraction of sp³-hybridized carbons (Fsp3) is 0. The van der Waals surface area contributed by atoms with E-state index in [0.717, 1.165) is 5.56 Å². The van der Waals surface area contributed by atoms with Crippen LogP contribution < -0.4 is 0 Å². The summed E-state index contributed by atoms with van der Waals surface area (Å²) in [5, 5.41) is 9.63. The Labute approximate surface area is 97.1 Å². The van der Waals surface area contributed by atoms with Crippen LogP contribution in [0.5, 0.6) is 0 Å². The van der Waals surface area contributed by atoms with E-state index in [9.17, 15) is 0 Å². The Bertz CT molecular complexity index is 524. The highest BCUT2D eigenvalue weighted by Gasteiger charge is 2.15. The van der Waals surface area contributed by atoms with Gasteiger partial charge in [-0.1, -0.05) is 53.5 Å². The molecule has 0 unspecified atom stereocenters. The SMILES string of the molecule is N#Cc1c(Cl)[nH]c(Cl)c1-c1ccccc1. The molecule has 0 radical (unpaired) electrons. The van der Waals surface area contributed by atoms with Crippen molar-refractivity contribution in [3.05, 3.63) is 46.2 Å². The number of aromatic nitrogens is 1. The summed E-state index contributed by atoms with van der Waals surface area (Å²) in [4.78, 5) is 2.73. The molecule has 0 saturated heterocycles. The summed E-state index contributed by atoms with van der Waals surface area (Å²) in [6, 6.07) is 11.5. The number of nitriles is 1. The maximum absolute atomic E-state index is 8.96. The first-order valence-corrected chi connectivity index (χ1v) is 5.02. The zero-order valence-corrected chi connectivity index (χ0v) is 9.10. The van der Waals surface area contributed by atoms with Gasteiger partial charge in [0.25, 0.3) is 0 Å². The van der Waals surface area contributed by atoms with Gasteiger partial charge in [0.1, 0.15) is 16.4 Å². The predicted molar refractivity (Wildman–Crippen MR) is 61.0 cm³/mol. The molecule has 0 aliphatic carbocycles. The van der Waals surface area contributed by atoms with Gasteiger partial charge in [-0.3, -0.25) is 0 Å². The van der Waals surface area contributed by atoms with Crippen molar-refractivity contribution < 1.29 is 0 Å². The van der Waals surface area contributed by atoms with Gasteiger partial charge < -0.3 is 4.98 Å². The van der Waals surface area contributed by atoms with Gasteiger partial charge in [0.2, 0.25) is 0 Å². The maximum atomic E-state index is 8.96. The molecule has 2 nitrogen and oxygen atoms in total. The second kappa shape index (κ2) is 3.98. The van der Waals surface area contributed by atoms with E-state index >= 15 is 0 Å². The third-order valence-electron chi connectivity index (χ3n) is 2.08. The molecule has 0 saturated carbocycles. The third kappa shape index (κ3) is 1.72. The number of benzene rings is 1. The van der Waals surface area contributed by atoms with E-state index in [1.165, 1.54) is 0 Å². The number of nitrogens with zero attached hydrogens (tertiary/aromatic N) is 1. The fourth-order valence-corrected chi connectivity index (χ4v) is 2.00. The Hall–Kier alpha value is -1.43. The second-order valence-electron chi connectivity index (χ2n) is 2.98. The molecular weight excluding hydrogens is 231 g/mol. The van der Waals surface area contributed by atoms with Crippen LogP contribution in [0.4, 0.5) is 0 Å². The van der Waals surface area contributed by atoms with Gasteiger partial charge in [0.05, 0.1) is 5.56 Å². The normalized spacial score (nSPS) is 9.93. The lowest BCUT2D eigenvalue weighted by Crippen LogP contribution is -1.79. The van der Waals surface area contributed by atoms with E-state index in [0.29, 0.717) is 16.3 Å². The molecule has 0 aliphatic rings. The quantitative estimate of drug-likeness (QED) is 0.803. The molecule has 1 heterocycles. The molecule has 1 N–H and O–H groups in total. The van der Waals surface area contributed by atoms with Crippen LogP contribution in [0, 0.1) is 11.3 Å². The predicted octanol–water partition coefficient (Wildman–Crippen LogP) is 3.86. The van der Waals surface area contributed by atoms with Gasteiger partial charge in [0, 0.05) is 5.56 Å². The van der Waals surface area contributed by atoms with Crippen molar-refractivity contribution in [3.8, 4) is 17.2 Å². The van der Waals surface area contributed by atoms with Crippen molar-refractivity contribution in [2.24, 2.45) is 0 Å². The number of hydrogen-bond donors (Lipinski definition) is 1. The fourth-order valence-electron chi connectivity index (χ4n) is 1.42. The Morgan fingerprint density at radius 3 is 2.33 bits per heavy atom. The van der Waals surface area contributed by atoms with Crippen LogP contribution in [0.3, 0.4) is 0 Å². The summed E-state index contributed by atoms with van der Waals surface area (Å²) < 4.78 is 0. The van der Waals surface area contributed by atoms with Gasteiger partial charge >= 0.3 is 0 Å². The van der Waals surface area contributed by atoms with Gasteiger partial charge in [-0.15, -0.1) is 0 Å². The summed E-state index contributed by atoms with van der Waals surface area (Å²) in [5.41, 5.74) is 1.92. The van der Waals surface area contributed by atoms with E-state index in [1.807, 2.05) is 36.4 Å². The van der Waals surface area contributed by atoms with Crippen molar-refractivity contribution in [1.29, 1.82) is 5.26 Å². The molecule has 0 aliphatic heterocycles. The Morgan fingerprint density at radius 1 is 1.07 bits per heavy atom. The highest BCUT2D eigenvalue weighted by atomic mass is 35.5. The molecule has 74 valence electrons. The summed E-state index contributed by atoms with van der Waals surface area (Å²) in [6.45, 7) is 0. The van der Waals surface area contributed by atoms with Crippen LogP contribution in [0.2, 0.25) is 10.3 Å². The maximum Gasteiger partial charge on any atom is 0.126 e. The molecule has 0 atom stereocenters. The highest BCUT2D eigenvalue weighted by Crippen LogP contribution is 2.34. The first-order chi connectivity index (χ1) is 7.24. The van der Waals surface area contributed by atoms with E-state index in [1.54, 1.807) is 0 Å². The van der Waals surface area contributed by atoms with Gasteiger partial charge in [0.15, 0.2) is 0 Å². The molecule has 0 bridgehead atoms. The van der Waals surface area contributed by atoms with E-state index in [4.69, 9.17) is 28.5 Å². The van der Waals surface area contributed by atoms with Crippen LogP contribution >= 0.6 is 23.2 Å². The monoisotopic (exact) mass is 236 g/mol. The van der Waals surface area contributed by atoms with Crippen molar-refractivity contribution in [1.82, 2.24) is 4.98 Å². The Kier molecular flexibility index (Phi) is 2.68. The topological polar surface area (TPSA) is 39.6 Å². The van der Waals surface area contributed by atoms with Crippen LogP contribution in [-0.4, -0.2) is 4.98 Å². The Morgan fingerprint density at radius 2 is 1.73 bits per heavy atom. The molecule has 4 heteroatoms. The van der Waals surface area contributed by atoms with Crippen molar-refractivity contribution in [2.45, 2.75) is 0 Å². The zero-order valence-electron chi connectivity index (χ0n) is 7.59. The molecule has 15 heavy (non-hydrogen) atoms. The number of hydrogen-bond acceptors (Lipinski definition) is 1. The molecule has 2 aromatic rings. The summed E-state index contributed by atoms with van der Waals surface area (Å²) in [6.07, 6.45) is 0. The van der Waals surface area contributed by atoms with Crippen molar-refractivity contribution >= 4 is 23.2 Å². The number of H-pyrrole nitrogens is 1. The minimum atomic E-state index is 0.279. The molecule has 0 fully saturated rings. The van der Waals surface area contributed by atoms with Crippen LogP contribution in [0.25, 0.3) is 11.1 Å². The summed E-state index contributed by atoms with van der Waals surface area (Å²) >= 11 is 11.8. The second-order valence-corrected chi connectivity index (χ2v) is 3.74. The third-order valence-corrected chi connectivity index (χ3v) is 2.65. The van der Waals surface area contributed by atoms with Gasteiger partial charge in [-0.05, 0) is 5.56 Å². The average molecular weight is 237 g/mol. The van der Waals surface area contributed by atoms with E-state index < -0.39 is 0 Å². The van der Waals surface area contributed by atoms with E-state index in [-0.39, 0.29) is 5.15 Å². The molecule has 0 amide bonds. The number of nitrogens with one attached hydrogen (secondary N) is 1. The summed E-state index contributed by atoms with van der Waals surface area (Å²) in [7, 11) is 0. The molecule has 2 rings (SSSR count). The molecular formula is C11H6Cl2N2. The lowest BCUT2D eigenvalue weighted by atomic mass is 10.1. The largest absolute Gasteiger partial charge is 0.335 e. The number of aromatic amines is 1. The van der Waals surface area contributed by atoms with E-state index in [2.05, 4.69) is 4.98 Å². The number of rotatable bonds is 1. The highest BCUT2D eigenvalue weighted by molar-refractivity contribution is 6.36. The Balaban J connectivity index is 2.69. The molecule has 1 aromatic heterocycles. The zero-order chi connectivity index (χ0) is 10.8. The molecule has 1 aromatic carbocycles. The van der Waals surface area contributed by atoms with Crippen LogP contribution in [0.1, 0.15) is 5.56 Å². The first kappa shape index (κ1) is 10.1. The van der Waals surface area contributed by atoms with Crippen LogP contribution in [0.15, 0.2) is 30.3 Å². The lowest BCUT2D eigenvalue weighted by Gasteiger charge is -1.98. The average Bonchev–Trinajstić information content (AvgIpc) is 2.54.